The molecule has 180 valence electrons. The van der Waals surface area contributed by atoms with Gasteiger partial charge in [-0.1, -0.05) is 48.9 Å². The van der Waals surface area contributed by atoms with Crippen molar-refractivity contribution in [2.75, 3.05) is 19.6 Å². The van der Waals surface area contributed by atoms with Gasteiger partial charge in [-0.05, 0) is 76.8 Å². The molecule has 0 aromatic heterocycles. The maximum atomic E-state index is 13.0. The highest BCUT2D eigenvalue weighted by atomic mass is 16.5. The van der Waals surface area contributed by atoms with E-state index in [2.05, 4.69) is 41.4 Å². The first-order valence-electron chi connectivity index (χ1n) is 12.4. The molecule has 1 aliphatic rings. The number of hydrogen-bond donors (Lipinski definition) is 1. The third-order valence-electron chi connectivity index (χ3n) is 6.13. The Morgan fingerprint density at radius 2 is 1.79 bits per heavy atom. The SMILES string of the molecule is CC1CCCCN1CCCN(Cc1ccc(OCc2ccccc2)cc1)C(=O)NC(C)(C)C. The first-order valence-corrected chi connectivity index (χ1v) is 12.4. The topological polar surface area (TPSA) is 44.8 Å². The quantitative estimate of drug-likeness (QED) is 0.521. The predicted molar refractivity (Wildman–Crippen MR) is 135 cm³/mol. The van der Waals surface area contributed by atoms with Crippen molar-refractivity contribution in [3.63, 3.8) is 0 Å². The van der Waals surface area contributed by atoms with Crippen LogP contribution < -0.4 is 10.1 Å². The molecule has 5 nitrogen and oxygen atoms in total. The van der Waals surface area contributed by atoms with Crippen molar-refractivity contribution in [3.8, 4) is 5.75 Å². The van der Waals surface area contributed by atoms with Crippen molar-refractivity contribution in [3.05, 3.63) is 65.7 Å². The number of hydrogen-bond acceptors (Lipinski definition) is 3. The average Bonchev–Trinajstić information content (AvgIpc) is 2.78. The monoisotopic (exact) mass is 451 g/mol. The van der Waals surface area contributed by atoms with Gasteiger partial charge in [-0.15, -0.1) is 0 Å². The van der Waals surface area contributed by atoms with Crippen LogP contribution in [0.1, 0.15) is 64.5 Å². The van der Waals surface area contributed by atoms with Crippen LogP contribution in [0.4, 0.5) is 4.79 Å². The molecule has 1 atom stereocenters. The molecule has 1 heterocycles. The van der Waals surface area contributed by atoms with E-state index in [1.54, 1.807) is 0 Å². The molecular formula is C28H41N3O2. The predicted octanol–water partition coefficient (Wildman–Crippen LogP) is 5.84. The van der Waals surface area contributed by atoms with Crippen LogP contribution >= 0.6 is 0 Å². The number of carbonyl (C=O) groups excluding carboxylic acids is 1. The van der Waals surface area contributed by atoms with E-state index in [9.17, 15) is 4.79 Å². The molecule has 1 N–H and O–H groups in total. The van der Waals surface area contributed by atoms with Crippen LogP contribution in [0.3, 0.4) is 0 Å². The summed E-state index contributed by atoms with van der Waals surface area (Å²) < 4.78 is 5.91. The number of rotatable bonds is 9. The van der Waals surface area contributed by atoms with Gasteiger partial charge < -0.3 is 19.9 Å². The van der Waals surface area contributed by atoms with Crippen molar-refractivity contribution in [2.45, 2.75) is 78.1 Å². The Balaban J connectivity index is 1.56. The molecule has 0 aliphatic carbocycles. The summed E-state index contributed by atoms with van der Waals surface area (Å²) in [7, 11) is 0. The van der Waals surface area contributed by atoms with E-state index >= 15 is 0 Å². The molecule has 5 heteroatoms. The summed E-state index contributed by atoms with van der Waals surface area (Å²) in [4.78, 5) is 17.5. The Morgan fingerprint density at radius 3 is 2.45 bits per heavy atom. The highest BCUT2D eigenvalue weighted by Crippen LogP contribution is 2.18. The Labute approximate surface area is 200 Å². The number of urea groups is 1. The van der Waals surface area contributed by atoms with Crippen LogP contribution in [-0.4, -0.2) is 47.0 Å². The number of benzene rings is 2. The Morgan fingerprint density at radius 1 is 1.06 bits per heavy atom. The summed E-state index contributed by atoms with van der Waals surface area (Å²) in [5, 5.41) is 3.14. The number of piperidine rings is 1. The molecule has 1 saturated heterocycles. The van der Waals surface area contributed by atoms with Crippen LogP contribution in [0, 0.1) is 0 Å². The zero-order valence-corrected chi connectivity index (χ0v) is 20.8. The molecule has 1 unspecified atom stereocenters. The van der Waals surface area contributed by atoms with Gasteiger partial charge in [0.2, 0.25) is 0 Å². The molecular weight excluding hydrogens is 410 g/mol. The van der Waals surface area contributed by atoms with Crippen LogP contribution in [0.2, 0.25) is 0 Å². The number of ether oxygens (including phenoxy) is 1. The summed E-state index contributed by atoms with van der Waals surface area (Å²) in [5.74, 6) is 0.840. The summed E-state index contributed by atoms with van der Waals surface area (Å²) in [6.07, 6.45) is 4.90. The lowest BCUT2D eigenvalue weighted by Gasteiger charge is -2.34. The molecule has 0 spiro atoms. The van der Waals surface area contributed by atoms with Crippen LogP contribution in [0.25, 0.3) is 0 Å². The third-order valence-corrected chi connectivity index (χ3v) is 6.13. The van der Waals surface area contributed by atoms with Crippen LogP contribution in [0.5, 0.6) is 5.75 Å². The molecule has 0 bridgehead atoms. The summed E-state index contributed by atoms with van der Waals surface area (Å²) in [5.41, 5.74) is 2.00. The normalized spacial score (nSPS) is 16.9. The molecule has 3 rings (SSSR count). The number of nitrogens with zero attached hydrogens (tertiary/aromatic N) is 2. The van der Waals surface area contributed by atoms with Crippen LogP contribution in [0.15, 0.2) is 54.6 Å². The highest BCUT2D eigenvalue weighted by molar-refractivity contribution is 5.75. The molecule has 0 saturated carbocycles. The van der Waals surface area contributed by atoms with E-state index in [1.165, 1.54) is 25.8 Å². The fraction of sp³-hybridized carbons (Fsp3) is 0.536. The number of likely N-dealkylation sites (tertiary alicyclic amines) is 1. The van der Waals surface area contributed by atoms with Crippen molar-refractivity contribution in [1.29, 1.82) is 0 Å². The number of carbonyl (C=O) groups is 1. The fourth-order valence-electron chi connectivity index (χ4n) is 4.26. The Kier molecular flexibility index (Phi) is 9.19. The third kappa shape index (κ3) is 8.73. The molecule has 2 aromatic rings. The summed E-state index contributed by atoms with van der Waals surface area (Å²) >= 11 is 0. The lowest BCUT2D eigenvalue weighted by Crippen LogP contribution is -2.49. The van der Waals surface area contributed by atoms with Gasteiger partial charge in [0, 0.05) is 31.2 Å². The zero-order chi connectivity index (χ0) is 23.7. The zero-order valence-electron chi connectivity index (χ0n) is 20.8. The fourth-order valence-corrected chi connectivity index (χ4v) is 4.26. The number of amides is 2. The molecule has 2 amide bonds. The molecule has 2 aromatic carbocycles. The molecule has 1 aliphatic heterocycles. The molecule has 1 fully saturated rings. The second-order valence-corrected chi connectivity index (χ2v) is 10.3. The minimum absolute atomic E-state index is 0.00130. The van der Waals surface area contributed by atoms with Gasteiger partial charge in [-0.3, -0.25) is 0 Å². The van der Waals surface area contributed by atoms with Crippen LogP contribution in [-0.2, 0) is 13.2 Å². The van der Waals surface area contributed by atoms with Gasteiger partial charge in [-0.25, -0.2) is 4.79 Å². The number of nitrogens with one attached hydrogen (secondary N) is 1. The maximum absolute atomic E-state index is 13.0. The highest BCUT2D eigenvalue weighted by Gasteiger charge is 2.21. The molecule has 33 heavy (non-hydrogen) atoms. The van der Waals surface area contributed by atoms with Crippen molar-refractivity contribution in [2.24, 2.45) is 0 Å². The lowest BCUT2D eigenvalue weighted by molar-refractivity contribution is 0.147. The first kappa shape index (κ1) is 25.1. The average molecular weight is 452 g/mol. The summed E-state index contributed by atoms with van der Waals surface area (Å²) in [6.45, 7) is 12.5. The largest absolute Gasteiger partial charge is 0.489 e. The minimum Gasteiger partial charge on any atom is -0.489 e. The Hall–Kier alpha value is -2.53. The van der Waals surface area contributed by atoms with Gasteiger partial charge in [0.15, 0.2) is 0 Å². The van der Waals surface area contributed by atoms with Crippen molar-refractivity contribution >= 4 is 6.03 Å². The second kappa shape index (κ2) is 12.1. The lowest BCUT2D eigenvalue weighted by atomic mass is 10.0. The van der Waals surface area contributed by atoms with E-state index in [-0.39, 0.29) is 11.6 Å². The van der Waals surface area contributed by atoms with Gasteiger partial charge >= 0.3 is 6.03 Å². The second-order valence-electron chi connectivity index (χ2n) is 10.3. The van der Waals surface area contributed by atoms with E-state index in [0.717, 1.165) is 36.4 Å². The van der Waals surface area contributed by atoms with Gasteiger partial charge in [0.25, 0.3) is 0 Å². The van der Waals surface area contributed by atoms with Crippen molar-refractivity contribution in [1.82, 2.24) is 15.1 Å². The van der Waals surface area contributed by atoms with E-state index < -0.39 is 0 Å². The van der Waals surface area contributed by atoms with Gasteiger partial charge in [-0.2, -0.15) is 0 Å². The summed E-state index contributed by atoms with van der Waals surface area (Å²) in [6, 6.07) is 18.9. The standard InChI is InChI=1S/C28H41N3O2/c1-23-11-8-9-18-30(23)19-10-20-31(27(32)29-28(2,3)4)21-24-14-16-26(17-15-24)33-22-25-12-6-5-7-13-25/h5-7,12-17,23H,8-11,18-22H2,1-4H3,(H,29,32). The van der Waals surface area contributed by atoms with E-state index in [1.807, 2.05) is 56.0 Å². The van der Waals surface area contributed by atoms with E-state index in [0.29, 0.717) is 19.2 Å². The van der Waals surface area contributed by atoms with E-state index in [4.69, 9.17) is 4.74 Å². The molecule has 0 radical (unpaired) electrons. The first-order chi connectivity index (χ1) is 15.8. The minimum atomic E-state index is -0.258. The van der Waals surface area contributed by atoms with Gasteiger partial charge in [0.1, 0.15) is 12.4 Å². The Bertz CT molecular complexity index is 846. The maximum Gasteiger partial charge on any atom is 0.318 e. The van der Waals surface area contributed by atoms with Crippen molar-refractivity contribution < 1.29 is 9.53 Å². The van der Waals surface area contributed by atoms with Gasteiger partial charge in [0.05, 0.1) is 0 Å². The smallest absolute Gasteiger partial charge is 0.318 e.